The number of hydrogen-bond acceptors (Lipinski definition) is 4. The van der Waals surface area contributed by atoms with Crippen LogP contribution in [0.2, 0.25) is 0 Å². The summed E-state index contributed by atoms with van der Waals surface area (Å²) in [6.07, 6.45) is 1.90. The van der Waals surface area contributed by atoms with Gasteiger partial charge in [-0.3, -0.25) is 9.59 Å². The van der Waals surface area contributed by atoms with Crippen molar-refractivity contribution >= 4 is 24.2 Å². The van der Waals surface area contributed by atoms with Gasteiger partial charge in [0.25, 0.3) is 5.91 Å². The van der Waals surface area contributed by atoms with Gasteiger partial charge in [-0.2, -0.15) is 0 Å². The maximum atomic E-state index is 12.1. The van der Waals surface area contributed by atoms with E-state index in [1.807, 2.05) is 11.8 Å². The first-order valence-electron chi connectivity index (χ1n) is 7.01. The van der Waals surface area contributed by atoms with E-state index in [0.717, 1.165) is 12.8 Å². The second-order valence-electron chi connectivity index (χ2n) is 5.39. The zero-order valence-electron chi connectivity index (χ0n) is 11.9. The Morgan fingerprint density at radius 2 is 1.85 bits per heavy atom. The van der Waals surface area contributed by atoms with Crippen molar-refractivity contribution in [1.82, 2.24) is 9.80 Å². The van der Waals surface area contributed by atoms with Gasteiger partial charge in [-0.15, -0.1) is 12.4 Å². The first-order chi connectivity index (χ1) is 9.08. The number of carbonyl (C=O) groups excluding carboxylic acids is 2. The molecule has 2 atom stereocenters. The number of carbonyl (C=O) groups is 2. The van der Waals surface area contributed by atoms with Crippen LogP contribution in [0.15, 0.2) is 0 Å². The van der Waals surface area contributed by atoms with Crippen LogP contribution in [0.25, 0.3) is 0 Å². The van der Waals surface area contributed by atoms with E-state index in [9.17, 15) is 9.59 Å². The smallest absolute Gasteiger partial charge is 0.251 e. The third-order valence-corrected chi connectivity index (χ3v) is 3.65. The Hall–Kier alpha value is -0.850. The molecule has 0 aromatic rings. The molecule has 6 nitrogen and oxygen atoms in total. The SMILES string of the molecule is CC(N)CC(=O)N1CCN(C(=O)C2CCCO2)CC1.Cl. The predicted molar refractivity (Wildman–Crippen MR) is 77.6 cm³/mol. The highest BCUT2D eigenvalue weighted by atomic mass is 35.5. The molecular weight excluding hydrogens is 282 g/mol. The standard InChI is InChI=1S/C13H23N3O3.ClH/c1-10(14)9-12(17)15-4-6-16(7-5-15)13(18)11-3-2-8-19-11;/h10-11H,2-9,14H2,1H3;1H. The molecule has 7 heteroatoms. The summed E-state index contributed by atoms with van der Waals surface area (Å²) in [6, 6.07) is -0.112. The topological polar surface area (TPSA) is 75.9 Å². The van der Waals surface area contributed by atoms with Crippen molar-refractivity contribution in [3.05, 3.63) is 0 Å². The van der Waals surface area contributed by atoms with E-state index in [1.165, 1.54) is 0 Å². The number of ether oxygens (including phenoxy) is 1. The molecule has 2 unspecified atom stereocenters. The summed E-state index contributed by atoms with van der Waals surface area (Å²) in [7, 11) is 0. The van der Waals surface area contributed by atoms with E-state index in [-0.39, 0.29) is 36.4 Å². The quantitative estimate of drug-likeness (QED) is 0.796. The molecule has 20 heavy (non-hydrogen) atoms. The van der Waals surface area contributed by atoms with Gasteiger partial charge in [0, 0.05) is 45.2 Å². The largest absolute Gasteiger partial charge is 0.368 e. The second kappa shape index (κ2) is 7.81. The molecule has 0 aromatic heterocycles. The van der Waals surface area contributed by atoms with Gasteiger partial charge in [0.05, 0.1) is 0 Å². The maximum Gasteiger partial charge on any atom is 0.251 e. The van der Waals surface area contributed by atoms with Gasteiger partial charge in [-0.1, -0.05) is 0 Å². The molecule has 2 rings (SSSR count). The van der Waals surface area contributed by atoms with Gasteiger partial charge in [-0.05, 0) is 19.8 Å². The minimum absolute atomic E-state index is 0. The van der Waals surface area contributed by atoms with E-state index < -0.39 is 0 Å². The zero-order chi connectivity index (χ0) is 13.8. The lowest BCUT2D eigenvalue weighted by molar-refractivity contribution is -0.146. The van der Waals surface area contributed by atoms with Crippen molar-refractivity contribution in [2.24, 2.45) is 5.73 Å². The van der Waals surface area contributed by atoms with Crippen LogP contribution in [0.5, 0.6) is 0 Å². The third kappa shape index (κ3) is 4.33. The van der Waals surface area contributed by atoms with Crippen molar-refractivity contribution in [2.45, 2.75) is 38.3 Å². The summed E-state index contributed by atoms with van der Waals surface area (Å²) in [4.78, 5) is 27.6. The van der Waals surface area contributed by atoms with Gasteiger partial charge < -0.3 is 20.3 Å². The Morgan fingerprint density at radius 3 is 2.35 bits per heavy atom. The Bertz CT molecular complexity index is 338. The Morgan fingerprint density at radius 1 is 1.25 bits per heavy atom. The van der Waals surface area contributed by atoms with E-state index in [1.54, 1.807) is 4.90 Å². The van der Waals surface area contributed by atoms with Crippen LogP contribution in [-0.4, -0.2) is 66.5 Å². The summed E-state index contributed by atoms with van der Waals surface area (Å²) in [6.45, 7) is 4.92. The van der Waals surface area contributed by atoms with E-state index in [4.69, 9.17) is 10.5 Å². The minimum atomic E-state index is -0.258. The highest BCUT2D eigenvalue weighted by Gasteiger charge is 2.31. The fourth-order valence-corrected chi connectivity index (χ4v) is 2.56. The first kappa shape index (κ1) is 17.2. The predicted octanol–water partition coefficient (Wildman–Crippen LogP) is -0.00470. The molecule has 0 aliphatic carbocycles. The number of nitrogens with two attached hydrogens (primary N) is 1. The number of piperazine rings is 1. The first-order valence-corrected chi connectivity index (χ1v) is 7.01. The van der Waals surface area contributed by atoms with Gasteiger partial charge in [0.15, 0.2) is 0 Å². The number of amides is 2. The fourth-order valence-electron chi connectivity index (χ4n) is 2.56. The van der Waals surface area contributed by atoms with E-state index in [0.29, 0.717) is 39.2 Å². The van der Waals surface area contributed by atoms with Crippen molar-refractivity contribution in [3.63, 3.8) is 0 Å². The summed E-state index contributed by atoms with van der Waals surface area (Å²) in [5.41, 5.74) is 5.63. The molecule has 0 bridgehead atoms. The molecule has 2 N–H and O–H groups in total. The van der Waals surface area contributed by atoms with Crippen molar-refractivity contribution in [3.8, 4) is 0 Å². The highest BCUT2D eigenvalue weighted by Crippen LogP contribution is 2.16. The summed E-state index contributed by atoms with van der Waals surface area (Å²) >= 11 is 0. The lowest BCUT2D eigenvalue weighted by Crippen LogP contribution is -2.53. The number of hydrogen-bond donors (Lipinski definition) is 1. The van der Waals surface area contributed by atoms with Crippen molar-refractivity contribution in [2.75, 3.05) is 32.8 Å². The van der Waals surface area contributed by atoms with Crippen LogP contribution in [0.4, 0.5) is 0 Å². The lowest BCUT2D eigenvalue weighted by atomic mass is 10.2. The summed E-state index contributed by atoms with van der Waals surface area (Å²) in [5.74, 6) is 0.163. The van der Waals surface area contributed by atoms with Crippen LogP contribution >= 0.6 is 12.4 Å². The molecule has 0 saturated carbocycles. The maximum absolute atomic E-state index is 12.1. The molecule has 2 amide bonds. The number of nitrogens with zero attached hydrogens (tertiary/aromatic N) is 2. The summed E-state index contributed by atoms with van der Waals surface area (Å²) < 4.78 is 5.41. The third-order valence-electron chi connectivity index (χ3n) is 3.65. The Labute approximate surface area is 126 Å². The molecule has 0 spiro atoms. The molecule has 116 valence electrons. The number of halogens is 1. The Kier molecular flexibility index (Phi) is 6.71. The second-order valence-corrected chi connectivity index (χ2v) is 5.39. The minimum Gasteiger partial charge on any atom is -0.368 e. The molecule has 2 aliphatic rings. The van der Waals surface area contributed by atoms with Crippen LogP contribution in [0, 0.1) is 0 Å². The highest BCUT2D eigenvalue weighted by molar-refractivity contribution is 5.85. The Balaban J connectivity index is 0.00000200. The summed E-state index contributed by atoms with van der Waals surface area (Å²) in [5, 5.41) is 0. The van der Waals surface area contributed by atoms with E-state index >= 15 is 0 Å². The molecule has 2 heterocycles. The molecular formula is C13H24ClN3O3. The molecule has 2 aliphatic heterocycles. The molecule has 0 radical (unpaired) electrons. The lowest BCUT2D eigenvalue weighted by Gasteiger charge is -2.36. The van der Waals surface area contributed by atoms with Crippen LogP contribution < -0.4 is 5.73 Å². The average molecular weight is 306 g/mol. The van der Waals surface area contributed by atoms with Crippen molar-refractivity contribution < 1.29 is 14.3 Å². The van der Waals surface area contributed by atoms with Gasteiger partial charge in [0.1, 0.15) is 6.10 Å². The fraction of sp³-hybridized carbons (Fsp3) is 0.846. The number of rotatable bonds is 3. The molecule has 0 aromatic carbocycles. The van der Waals surface area contributed by atoms with Gasteiger partial charge >= 0.3 is 0 Å². The monoisotopic (exact) mass is 305 g/mol. The zero-order valence-corrected chi connectivity index (χ0v) is 12.7. The van der Waals surface area contributed by atoms with Crippen molar-refractivity contribution in [1.29, 1.82) is 0 Å². The average Bonchev–Trinajstić information content (AvgIpc) is 2.91. The normalized spacial score (nSPS) is 24.2. The van der Waals surface area contributed by atoms with Crippen LogP contribution in [0.3, 0.4) is 0 Å². The van der Waals surface area contributed by atoms with Gasteiger partial charge in [-0.25, -0.2) is 0 Å². The van der Waals surface area contributed by atoms with Gasteiger partial charge in [0.2, 0.25) is 5.91 Å². The molecule has 2 fully saturated rings. The van der Waals surface area contributed by atoms with Crippen LogP contribution in [-0.2, 0) is 14.3 Å². The molecule has 2 saturated heterocycles. The van der Waals surface area contributed by atoms with Crippen LogP contribution in [0.1, 0.15) is 26.2 Å². The van der Waals surface area contributed by atoms with E-state index in [2.05, 4.69) is 0 Å².